The van der Waals surface area contributed by atoms with Gasteiger partial charge in [-0.25, -0.2) is 0 Å². The van der Waals surface area contributed by atoms with E-state index < -0.39 is 6.10 Å². The maximum atomic E-state index is 9.66. The molecule has 2 N–H and O–H groups in total. The molecule has 1 atom stereocenters. The SMILES string of the molecule is CCCOCCCNCC(O)c1ccco1. The molecule has 1 heterocycles. The van der Waals surface area contributed by atoms with Crippen LogP contribution in [0.3, 0.4) is 0 Å². The molecular weight excluding hydrogens is 206 g/mol. The number of hydrogen-bond donors (Lipinski definition) is 2. The summed E-state index contributed by atoms with van der Waals surface area (Å²) in [7, 11) is 0. The molecule has 0 aliphatic rings. The first-order chi connectivity index (χ1) is 7.84. The molecule has 1 rings (SSSR count). The third kappa shape index (κ3) is 5.30. The molecular formula is C12H21NO3. The van der Waals surface area contributed by atoms with Crippen molar-refractivity contribution in [2.75, 3.05) is 26.3 Å². The van der Waals surface area contributed by atoms with Crippen molar-refractivity contribution >= 4 is 0 Å². The summed E-state index contributed by atoms with van der Waals surface area (Å²) in [4.78, 5) is 0. The van der Waals surface area contributed by atoms with Crippen LogP contribution >= 0.6 is 0 Å². The predicted octanol–water partition coefficient (Wildman–Crippen LogP) is 1.72. The van der Waals surface area contributed by atoms with Crippen molar-refractivity contribution < 1.29 is 14.3 Å². The molecule has 92 valence electrons. The zero-order valence-electron chi connectivity index (χ0n) is 9.82. The maximum absolute atomic E-state index is 9.66. The molecule has 1 unspecified atom stereocenters. The van der Waals surface area contributed by atoms with E-state index in [2.05, 4.69) is 12.2 Å². The molecule has 1 aromatic rings. The molecule has 16 heavy (non-hydrogen) atoms. The Bertz CT molecular complexity index is 249. The second-order valence-electron chi connectivity index (χ2n) is 3.70. The molecule has 4 heteroatoms. The number of furan rings is 1. The van der Waals surface area contributed by atoms with Crippen LogP contribution in [-0.2, 0) is 4.74 Å². The Morgan fingerprint density at radius 2 is 2.38 bits per heavy atom. The van der Waals surface area contributed by atoms with Crippen LogP contribution in [0.5, 0.6) is 0 Å². The summed E-state index contributed by atoms with van der Waals surface area (Å²) >= 11 is 0. The Labute approximate surface area is 96.6 Å². The molecule has 0 bridgehead atoms. The Hall–Kier alpha value is -0.840. The van der Waals surface area contributed by atoms with Crippen molar-refractivity contribution in [3.05, 3.63) is 24.2 Å². The van der Waals surface area contributed by atoms with Crippen LogP contribution in [0.2, 0.25) is 0 Å². The lowest BCUT2D eigenvalue weighted by Crippen LogP contribution is -2.23. The van der Waals surface area contributed by atoms with E-state index in [0.29, 0.717) is 12.3 Å². The van der Waals surface area contributed by atoms with E-state index in [1.165, 1.54) is 0 Å². The molecule has 0 aromatic carbocycles. The zero-order valence-corrected chi connectivity index (χ0v) is 9.82. The zero-order chi connectivity index (χ0) is 11.6. The average molecular weight is 227 g/mol. The molecule has 0 spiro atoms. The topological polar surface area (TPSA) is 54.6 Å². The van der Waals surface area contributed by atoms with Gasteiger partial charge in [-0.2, -0.15) is 0 Å². The standard InChI is InChI=1S/C12H21NO3/c1-2-7-15-8-4-6-13-10-11(14)12-5-3-9-16-12/h3,5,9,11,13-14H,2,4,6-8,10H2,1H3. The van der Waals surface area contributed by atoms with Gasteiger partial charge in [0.1, 0.15) is 11.9 Å². The first-order valence-corrected chi connectivity index (χ1v) is 5.84. The van der Waals surface area contributed by atoms with Crippen LogP contribution in [0.4, 0.5) is 0 Å². The largest absolute Gasteiger partial charge is 0.467 e. The van der Waals surface area contributed by atoms with Gasteiger partial charge < -0.3 is 19.6 Å². The summed E-state index contributed by atoms with van der Waals surface area (Å²) in [5.74, 6) is 0.606. The van der Waals surface area contributed by atoms with Crippen molar-refractivity contribution in [1.29, 1.82) is 0 Å². The fraction of sp³-hybridized carbons (Fsp3) is 0.667. The van der Waals surface area contributed by atoms with Gasteiger partial charge in [0, 0.05) is 19.8 Å². The molecule has 0 radical (unpaired) electrons. The smallest absolute Gasteiger partial charge is 0.133 e. The lowest BCUT2D eigenvalue weighted by Gasteiger charge is -2.09. The molecule has 0 aliphatic heterocycles. The summed E-state index contributed by atoms with van der Waals surface area (Å²) in [5.41, 5.74) is 0. The predicted molar refractivity (Wildman–Crippen MR) is 62.3 cm³/mol. The monoisotopic (exact) mass is 227 g/mol. The van der Waals surface area contributed by atoms with Gasteiger partial charge >= 0.3 is 0 Å². The summed E-state index contributed by atoms with van der Waals surface area (Å²) in [6, 6.07) is 3.55. The van der Waals surface area contributed by atoms with E-state index >= 15 is 0 Å². The fourth-order valence-corrected chi connectivity index (χ4v) is 1.37. The van der Waals surface area contributed by atoms with E-state index in [1.54, 1.807) is 18.4 Å². The minimum atomic E-state index is -0.563. The van der Waals surface area contributed by atoms with Gasteiger partial charge in [0.05, 0.1) is 6.26 Å². The van der Waals surface area contributed by atoms with E-state index in [4.69, 9.17) is 9.15 Å². The minimum absolute atomic E-state index is 0.515. The average Bonchev–Trinajstić information content (AvgIpc) is 2.81. The summed E-state index contributed by atoms with van der Waals surface area (Å²) in [6.45, 7) is 5.06. The van der Waals surface area contributed by atoms with Crippen LogP contribution in [0, 0.1) is 0 Å². The second-order valence-corrected chi connectivity index (χ2v) is 3.70. The van der Waals surface area contributed by atoms with Crippen molar-refractivity contribution in [2.45, 2.75) is 25.9 Å². The molecule has 4 nitrogen and oxygen atoms in total. The van der Waals surface area contributed by atoms with Crippen LogP contribution in [0.15, 0.2) is 22.8 Å². The lowest BCUT2D eigenvalue weighted by atomic mass is 10.2. The van der Waals surface area contributed by atoms with Crippen LogP contribution in [0.25, 0.3) is 0 Å². The van der Waals surface area contributed by atoms with Crippen molar-refractivity contribution in [3.63, 3.8) is 0 Å². The first kappa shape index (κ1) is 13.2. The van der Waals surface area contributed by atoms with Gasteiger partial charge in [0.25, 0.3) is 0 Å². The number of rotatable bonds is 9. The number of hydrogen-bond acceptors (Lipinski definition) is 4. The highest BCUT2D eigenvalue weighted by Crippen LogP contribution is 2.11. The van der Waals surface area contributed by atoms with Gasteiger partial charge in [0.2, 0.25) is 0 Å². The van der Waals surface area contributed by atoms with Crippen molar-refractivity contribution in [1.82, 2.24) is 5.32 Å². The maximum Gasteiger partial charge on any atom is 0.133 e. The Balaban J connectivity index is 1.95. The molecule has 0 saturated heterocycles. The van der Waals surface area contributed by atoms with Gasteiger partial charge in [-0.3, -0.25) is 0 Å². The Morgan fingerprint density at radius 3 is 3.06 bits per heavy atom. The fourth-order valence-electron chi connectivity index (χ4n) is 1.37. The number of nitrogens with one attached hydrogen (secondary N) is 1. The Kier molecular flexibility index (Phi) is 6.88. The van der Waals surface area contributed by atoms with E-state index in [9.17, 15) is 5.11 Å². The number of ether oxygens (including phenoxy) is 1. The molecule has 0 fully saturated rings. The van der Waals surface area contributed by atoms with Crippen LogP contribution in [0.1, 0.15) is 31.6 Å². The summed E-state index contributed by atoms with van der Waals surface area (Å²) in [5, 5.41) is 12.8. The van der Waals surface area contributed by atoms with Crippen molar-refractivity contribution in [3.8, 4) is 0 Å². The Morgan fingerprint density at radius 1 is 1.50 bits per heavy atom. The van der Waals surface area contributed by atoms with E-state index in [0.717, 1.165) is 32.6 Å². The lowest BCUT2D eigenvalue weighted by molar-refractivity contribution is 0.126. The molecule has 0 saturated carbocycles. The van der Waals surface area contributed by atoms with E-state index in [-0.39, 0.29) is 0 Å². The molecule has 1 aromatic heterocycles. The normalized spacial score (nSPS) is 12.9. The second kappa shape index (κ2) is 8.33. The highest BCUT2D eigenvalue weighted by atomic mass is 16.5. The highest BCUT2D eigenvalue weighted by Gasteiger charge is 2.08. The van der Waals surface area contributed by atoms with Crippen LogP contribution < -0.4 is 5.32 Å². The molecule has 0 amide bonds. The third-order valence-corrected chi connectivity index (χ3v) is 2.20. The first-order valence-electron chi connectivity index (χ1n) is 5.84. The number of aliphatic hydroxyl groups excluding tert-OH is 1. The molecule has 0 aliphatic carbocycles. The van der Waals surface area contributed by atoms with Crippen molar-refractivity contribution in [2.24, 2.45) is 0 Å². The van der Waals surface area contributed by atoms with Gasteiger partial charge in [0.15, 0.2) is 0 Å². The quantitative estimate of drug-likeness (QED) is 0.631. The number of aliphatic hydroxyl groups is 1. The van der Waals surface area contributed by atoms with E-state index in [1.807, 2.05) is 0 Å². The summed E-state index contributed by atoms with van der Waals surface area (Å²) in [6.07, 6.45) is 3.03. The van der Waals surface area contributed by atoms with Gasteiger partial charge in [-0.05, 0) is 31.5 Å². The summed E-state index contributed by atoms with van der Waals surface area (Å²) < 4.78 is 10.4. The minimum Gasteiger partial charge on any atom is -0.467 e. The van der Waals surface area contributed by atoms with Gasteiger partial charge in [-0.15, -0.1) is 0 Å². The van der Waals surface area contributed by atoms with Gasteiger partial charge in [-0.1, -0.05) is 6.92 Å². The third-order valence-electron chi connectivity index (χ3n) is 2.20. The highest BCUT2D eigenvalue weighted by molar-refractivity contribution is 5.01. The van der Waals surface area contributed by atoms with Crippen LogP contribution in [-0.4, -0.2) is 31.4 Å².